The van der Waals surface area contributed by atoms with Crippen LogP contribution in [0.2, 0.25) is 0 Å². The van der Waals surface area contributed by atoms with Crippen LogP contribution in [0.15, 0.2) is 12.4 Å². The monoisotopic (exact) mass is 315 g/mol. The molecule has 3 N–H and O–H groups in total. The molecule has 19 heavy (non-hydrogen) atoms. The summed E-state index contributed by atoms with van der Waals surface area (Å²) in [5.41, 5.74) is -2.70. The van der Waals surface area contributed by atoms with E-state index < -0.39 is 33.7 Å². The average molecular weight is 315 g/mol. The number of alkyl halides is 6. The van der Waals surface area contributed by atoms with Crippen LogP contribution >= 0.6 is 0 Å². The third kappa shape index (κ3) is 4.78. The van der Waals surface area contributed by atoms with Crippen LogP contribution in [0.1, 0.15) is 6.92 Å². The molecule has 114 valence electrons. The summed E-state index contributed by atoms with van der Waals surface area (Å²) in [6, 6.07) is 0. The lowest BCUT2D eigenvalue weighted by Crippen LogP contribution is -2.65. The van der Waals surface area contributed by atoms with Gasteiger partial charge >= 0.3 is 12.4 Å². The van der Waals surface area contributed by atoms with E-state index >= 15 is 0 Å². The Labute approximate surface area is 105 Å². The third-order valence-electron chi connectivity index (χ3n) is 1.92. The van der Waals surface area contributed by atoms with Gasteiger partial charge in [-0.15, -0.1) is 4.83 Å². The zero-order valence-electron chi connectivity index (χ0n) is 9.70. The SMILES string of the molecule is C=C(NNS(C)(=O)=O)NC(C)(C(F)(F)F)C(F)(F)F. The fourth-order valence-corrected chi connectivity index (χ4v) is 1.10. The van der Waals surface area contributed by atoms with E-state index in [9.17, 15) is 34.8 Å². The smallest absolute Gasteiger partial charge is 0.350 e. The first-order valence-corrected chi connectivity index (χ1v) is 6.32. The summed E-state index contributed by atoms with van der Waals surface area (Å²) in [5.74, 6) is -1.01. The van der Waals surface area contributed by atoms with E-state index in [4.69, 9.17) is 0 Å². The van der Waals surface area contributed by atoms with Gasteiger partial charge in [0.1, 0.15) is 5.82 Å². The Balaban J connectivity index is 5.03. The van der Waals surface area contributed by atoms with Gasteiger partial charge in [0.15, 0.2) is 0 Å². The zero-order valence-corrected chi connectivity index (χ0v) is 10.5. The van der Waals surface area contributed by atoms with Crippen LogP contribution in [0.4, 0.5) is 26.3 Å². The molecule has 0 aromatic heterocycles. The van der Waals surface area contributed by atoms with Gasteiger partial charge in [-0.3, -0.25) is 5.43 Å². The molecule has 0 aromatic rings. The maximum absolute atomic E-state index is 12.4. The molecule has 0 fully saturated rings. The topological polar surface area (TPSA) is 70.2 Å². The van der Waals surface area contributed by atoms with Crippen LogP contribution in [0.25, 0.3) is 0 Å². The molecule has 0 radical (unpaired) electrons. The number of halogens is 6. The molecule has 0 aliphatic rings. The highest BCUT2D eigenvalue weighted by atomic mass is 32.2. The molecule has 0 bridgehead atoms. The first-order valence-electron chi connectivity index (χ1n) is 4.43. The predicted molar refractivity (Wildman–Crippen MR) is 53.9 cm³/mol. The molecule has 0 saturated heterocycles. The van der Waals surface area contributed by atoms with Crippen molar-refractivity contribution in [1.29, 1.82) is 0 Å². The van der Waals surface area contributed by atoms with E-state index in [1.54, 1.807) is 5.43 Å². The molecule has 0 aromatic carbocycles. The summed E-state index contributed by atoms with van der Waals surface area (Å²) in [5, 5.41) is 1.06. The number of hydrazine groups is 1. The minimum Gasteiger partial charge on any atom is -0.350 e. The van der Waals surface area contributed by atoms with E-state index in [0.29, 0.717) is 6.26 Å². The minimum absolute atomic E-state index is 0.139. The van der Waals surface area contributed by atoms with Crippen LogP contribution < -0.4 is 15.6 Å². The molecule has 0 saturated carbocycles. The minimum atomic E-state index is -5.67. The predicted octanol–water partition coefficient (Wildman–Crippen LogP) is 0.984. The van der Waals surface area contributed by atoms with Gasteiger partial charge in [0, 0.05) is 0 Å². The van der Waals surface area contributed by atoms with Crippen molar-refractivity contribution in [2.45, 2.75) is 24.8 Å². The Hall–Kier alpha value is -1.17. The number of sulfonamides is 1. The number of nitrogens with one attached hydrogen (secondary N) is 3. The highest BCUT2D eigenvalue weighted by Crippen LogP contribution is 2.42. The molecular weight excluding hydrogens is 304 g/mol. The quantitative estimate of drug-likeness (QED) is 0.523. The largest absolute Gasteiger partial charge is 0.420 e. The first kappa shape index (κ1) is 17.8. The molecule has 0 aliphatic carbocycles. The summed E-state index contributed by atoms with van der Waals surface area (Å²) in [6.07, 6.45) is -10.7. The molecular formula is C7H11F6N3O2S. The van der Waals surface area contributed by atoms with Gasteiger partial charge in [0.2, 0.25) is 15.6 Å². The Morgan fingerprint density at radius 2 is 1.42 bits per heavy atom. The molecule has 0 rings (SSSR count). The Morgan fingerprint density at radius 1 is 1.05 bits per heavy atom. The summed E-state index contributed by atoms with van der Waals surface area (Å²) in [6.45, 7) is 2.68. The van der Waals surface area contributed by atoms with E-state index in [1.807, 2.05) is 0 Å². The number of hydrogen-bond donors (Lipinski definition) is 3. The van der Waals surface area contributed by atoms with Crippen molar-refractivity contribution in [3.8, 4) is 0 Å². The van der Waals surface area contributed by atoms with Crippen molar-refractivity contribution in [2.24, 2.45) is 0 Å². The third-order valence-corrected chi connectivity index (χ3v) is 2.39. The summed E-state index contributed by atoms with van der Waals surface area (Å²) in [7, 11) is -3.87. The summed E-state index contributed by atoms with van der Waals surface area (Å²) in [4.78, 5) is 1.47. The van der Waals surface area contributed by atoms with Crippen molar-refractivity contribution in [3.05, 3.63) is 12.4 Å². The molecule has 0 aliphatic heterocycles. The summed E-state index contributed by atoms with van der Waals surface area (Å²) < 4.78 is 95.9. The molecule has 12 heteroatoms. The molecule has 0 heterocycles. The molecule has 0 unspecified atom stereocenters. The normalized spacial score (nSPS) is 14.1. The second-order valence-corrected chi connectivity index (χ2v) is 5.47. The van der Waals surface area contributed by atoms with Gasteiger partial charge in [-0.25, -0.2) is 8.42 Å². The highest BCUT2D eigenvalue weighted by molar-refractivity contribution is 7.88. The first-order chi connectivity index (χ1) is 8.10. The second-order valence-electron chi connectivity index (χ2n) is 3.72. The molecule has 0 spiro atoms. The Bertz CT molecular complexity index is 427. The van der Waals surface area contributed by atoms with Gasteiger partial charge in [-0.1, -0.05) is 6.58 Å². The fraction of sp³-hybridized carbons (Fsp3) is 0.714. The lowest BCUT2D eigenvalue weighted by atomic mass is 10.0. The van der Waals surface area contributed by atoms with Crippen LogP contribution in [-0.4, -0.2) is 32.6 Å². The molecule has 0 atom stereocenters. The average Bonchev–Trinajstić information content (AvgIpc) is 2.09. The number of rotatable bonds is 5. The maximum Gasteiger partial charge on any atom is 0.420 e. The van der Waals surface area contributed by atoms with Gasteiger partial charge in [0.05, 0.1) is 6.26 Å². The fourth-order valence-electron chi connectivity index (χ4n) is 0.790. The molecule has 0 amide bonds. The summed E-state index contributed by atoms with van der Waals surface area (Å²) >= 11 is 0. The van der Waals surface area contributed by atoms with E-state index in [0.717, 1.165) is 5.32 Å². The highest BCUT2D eigenvalue weighted by Gasteiger charge is 2.68. The van der Waals surface area contributed by atoms with E-state index in [-0.39, 0.29) is 6.92 Å². The van der Waals surface area contributed by atoms with Gasteiger partial charge < -0.3 is 5.32 Å². The van der Waals surface area contributed by atoms with Crippen LogP contribution in [0.3, 0.4) is 0 Å². The van der Waals surface area contributed by atoms with Crippen molar-refractivity contribution in [1.82, 2.24) is 15.6 Å². The number of hydrogen-bond acceptors (Lipinski definition) is 4. The van der Waals surface area contributed by atoms with Crippen LogP contribution in [-0.2, 0) is 10.0 Å². The Morgan fingerprint density at radius 3 is 1.68 bits per heavy atom. The van der Waals surface area contributed by atoms with Crippen molar-refractivity contribution >= 4 is 10.0 Å². The van der Waals surface area contributed by atoms with Crippen LogP contribution in [0.5, 0.6) is 0 Å². The van der Waals surface area contributed by atoms with Crippen molar-refractivity contribution in [2.75, 3.05) is 6.26 Å². The standard InChI is InChI=1S/C7H11F6N3O2S/c1-4(15-16-19(3,17)18)14-5(2,6(8,9)10)7(11,12)13/h14-16H,1H2,2-3H3. The van der Waals surface area contributed by atoms with E-state index in [2.05, 4.69) is 6.58 Å². The van der Waals surface area contributed by atoms with Crippen LogP contribution in [0, 0.1) is 0 Å². The van der Waals surface area contributed by atoms with Gasteiger partial charge in [-0.2, -0.15) is 26.3 Å². The van der Waals surface area contributed by atoms with E-state index in [1.165, 1.54) is 4.83 Å². The Kier molecular flexibility index (Phi) is 4.76. The maximum atomic E-state index is 12.4. The second kappa shape index (κ2) is 5.07. The lowest BCUT2D eigenvalue weighted by Gasteiger charge is -2.36. The van der Waals surface area contributed by atoms with Gasteiger partial charge in [-0.05, 0) is 6.92 Å². The zero-order chi connectivity index (χ0) is 15.7. The van der Waals surface area contributed by atoms with Crippen molar-refractivity contribution in [3.63, 3.8) is 0 Å². The lowest BCUT2D eigenvalue weighted by molar-refractivity contribution is -0.299. The molecule has 5 nitrogen and oxygen atoms in total. The van der Waals surface area contributed by atoms with Crippen molar-refractivity contribution < 1.29 is 34.8 Å². The van der Waals surface area contributed by atoms with Gasteiger partial charge in [0.25, 0.3) is 0 Å².